The van der Waals surface area contributed by atoms with E-state index in [9.17, 15) is 0 Å². The fraction of sp³-hybridized carbons (Fsp3) is 1.00. The third-order valence-corrected chi connectivity index (χ3v) is 6.14. The summed E-state index contributed by atoms with van der Waals surface area (Å²) in [5.74, 6) is 0.589. The van der Waals surface area contributed by atoms with Gasteiger partial charge in [-0.2, -0.15) is 11.0 Å². The monoisotopic (exact) mass is 300 g/mol. The van der Waals surface area contributed by atoms with Crippen LogP contribution in [0.4, 0.5) is 0 Å². The Morgan fingerprint density at radius 3 is 1.35 bits per heavy atom. The van der Waals surface area contributed by atoms with Gasteiger partial charge in [-0.15, -0.1) is 23.2 Å². The van der Waals surface area contributed by atoms with Gasteiger partial charge in [-0.05, 0) is 23.6 Å². The summed E-state index contributed by atoms with van der Waals surface area (Å²) in [7, 11) is 0. The van der Waals surface area contributed by atoms with Gasteiger partial charge in [0.05, 0.1) is 10.8 Å². The van der Waals surface area contributed by atoms with E-state index in [0.717, 1.165) is 0 Å². The van der Waals surface area contributed by atoms with Crippen LogP contribution in [-0.2, 0) is 9.68 Å². The molecule has 2 N–H and O–H groups in total. The molecule has 2 heterocycles. The molecule has 0 amide bonds. The molecular weight excluding hydrogens is 283 g/mol. The van der Waals surface area contributed by atoms with Gasteiger partial charge in [0, 0.05) is 0 Å². The fourth-order valence-electron chi connectivity index (χ4n) is 1.62. The summed E-state index contributed by atoms with van der Waals surface area (Å²) in [6.45, 7) is 8.21. The van der Waals surface area contributed by atoms with Crippen LogP contribution in [0, 0.1) is 11.8 Å². The number of thioether (sulfide) groups is 1. The number of hydroxylamine groups is 2. The van der Waals surface area contributed by atoms with Crippen LogP contribution in [0.2, 0.25) is 0 Å². The van der Waals surface area contributed by atoms with Crippen LogP contribution >= 0.6 is 35.0 Å². The molecule has 2 aliphatic heterocycles. The lowest BCUT2D eigenvalue weighted by molar-refractivity contribution is 0.311. The highest BCUT2D eigenvalue weighted by molar-refractivity contribution is 8.02. The molecule has 2 aliphatic rings. The Kier molecular flexibility index (Phi) is 3.93. The Balaban J connectivity index is 2.02. The highest BCUT2D eigenvalue weighted by Gasteiger charge is 2.66. The van der Waals surface area contributed by atoms with Crippen molar-refractivity contribution < 1.29 is 9.68 Å². The predicted molar refractivity (Wildman–Crippen MR) is 70.5 cm³/mol. The van der Waals surface area contributed by atoms with E-state index < -0.39 is 10.1 Å². The van der Waals surface area contributed by atoms with E-state index in [-0.39, 0.29) is 10.8 Å². The second-order valence-electron chi connectivity index (χ2n) is 5.14. The first-order valence-corrected chi connectivity index (χ1v) is 7.40. The molecule has 4 nitrogen and oxygen atoms in total. The lowest BCUT2D eigenvalue weighted by Crippen LogP contribution is -2.38. The molecular formula is C10H18Cl2N2O2S. The van der Waals surface area contributed by atoms with E-state index in [1.54, 1.807) is 0 Å². The van der Waals surface area contributed by atoms with Gasteiger partial charge < -0.3 is 0 Å². The lowest BCUT2D eigenvalue weighted by atomic mass is 10.1. The fourth-order valence-corrected chi connectivity index (χ4v) is 3.54. The van der Waals surface area contributed by atoms with Crippen molar-refractivity contribution in [2.45, 2.75) is 48.6 Å². The van der Waals surface area contributed by atoms with Crippen LogP contribution in [0.15, 0.2) is 0 Å². The molecule has 2 fully saturated rings. The van der Waals surface area contributed by atoms with Gasteiger partial charge in [0.2, 0.25) is 10.1 Å². The zero-order chi connectivity index (χ0) is 12.8. The molecule has 0 saturated carbocycles. The molecule has 7 heteroatoms. The van der Waals surface area contributed by atoms with E-state index in [2.05, 4.69) is 38.7 Å². The largest absolute Gasteiger partial charge is 0.261 e. The minimum Gasteiger partial charge on any atom is -0.261 e. The maximum absolute atomic E-state index is 6.35. The summed E-state index contributed by atoms with van der Waals surface area (Å²) in [4.78, 5) is 10.7. The quantitative estimate of drug-likeness (QED) is 0.583. The summed E-state index contributed by atoms with van der Waals surface area (Å²) >= 11 is 14.2. The second kappa shape index (κ2) is 4.71. The molecule has 0 aromatic rings. The van der Waals surface area contributed by atoms with Crippen molar-refractivity contribution in [3.8, 4) is 0 Å². The van der Waals surface area contributed by atoms with Gasteiger partial charge in [0.15, 0.2) is 0 Å². The third-order valence-electron chi connectivity index (χ3n) is 2.81. The smallest absolute Gasteiger partial charge is 0.229 e. The van der Waals surface area contributed by atoms with Crippen molar-refractivity contribution in [1.29, 1.82) is 0 Å². The molecule has 0 aromatic heterocycles. The minimum atomic E-state index is -0.596. The van der Waals surface area contributed by atoms with E-state index in [0.29, 0.717) is 11.8 Å². The van der Waals surface area contributed by atoms with Gasteiger partial charge >= 0.3 is 0 Å². The van der Waals surface area contributed by atoms with Crippen LogP contribution in [-0.4, -0.2) is 20.9 Å². The number of hydrogen-bond acceptors (Lipinski definition) is 5. The van der Waals surface area contributed by atoms with Gasteiger partial charge in [-0.3, -0.25) is 9.68 Å². The zero-order valence-corrected chi connectivity index (χ0v) is 12.6. The molecule has 100 valence electrons. The third kappa shape index (κ3) is 2.71. The number of nitrogens with one attached hydrogen (secondary N) is 2. The van der Waals surface area contributed by atoms with Gasteiger partial charge in [-0.25, -0.2) is 0 Å². The highest BCUT2D eigenvalue weighted by atomic mass is 35.5. The van der Waals surface area contributed by atoms with E-state index >= 15 is 0 Å². The summed E-state index contributed by atoms with van der Waals surface area (Å²) in [5, 5.41) is -1.49. The second-order valence-corrected chi connectivity index (χ2v) is 7.49. The predicted octanol–water partition coefficient (Wildman–Crippen LogP) is 2.62. The molecule has 4 unspecified atom stereocenters. The normalized spacial score (nSPS) is 39.5. The topological polar surface area (TPSA) is 68.9 Å². The molecule has 17 heavy (non-hydrogen) atoms. The van der Waals surface area contributed by atoms with Crippen molar-refractivity contribution in [2.75, 3.05) is 0 Å². The van der Waals surface area contributed by atoms with Crippen molar-refractivity contribution >= 4 is 35.0 Å². The molecule has 4 atom stereocenters. The Labute approximate surface area is 116 Å². The average molecular weight is 301 g/mol. The first-order chi connectivity index (χ1) is 7.83. The molecule has 0 aromatic carbocycles. The van der Waals surface area contributed by atoms with E-state index in [1.165, 1.54) is 11.8 Å². The molecule has 0 radical (unpaired) electrons. The molecule has 0 spiro atoms. The maximum atomic E-state index is 6.35. The molecule has 2 rings (SSSR count). The lowest BCUT2D eigenvalue weighted by Gasteiger charge is -2.25. The van der Waals surface area contributed by atoms with Crippen LogP contribution in [0.3, 0.4) is 0 Å². The number of hydrogen-bond donors (Lipinski definition) is 2. The van der Waals surface area contributed by atoms with Crippen molar-refractivity contribution in [3.05, 3.63) is 0 Å². The van der Waals surface area contributed by atoms with Crippen molar-refractivity contribution in [1.82, 2.24) is 11.0 Å². The van der Waals surface area contributed by atoms with E-state index in [4.69, 9.17) is 32.9 Å². The number of alkyl halides is 2. The number of halogens is 2. The first-order valence-electron chi connectivity index (χ1n) is 5.71. The highest BCUT2D eigenvalue weighted by Crippen LogP contribution is 2.54. The summed E-state index contributed by atoms with van der Waals surface area (Å²) in [6.07, 6.45) is 0. The molecule has 0 bridgehead atoms. The Hall–Kier alpha value is 0.770. The van der Waals surface area contributed by atoms with Crippen LogP contribution < -0.4 is 11.0 Å². The number of rotatable bonds is 6. The summed E-state index contributed by atoms with van der Waals surface area (Å²) < 4.78 is 0. The Morgan fingerprint density at radius 2 is 1.18 bits per heavy atom. The first kappa shape index (κ1) is 14.2. The average Bonchev–Trinajstić information content (AvgIpc) is 3.15. The van der Waals surface area contributed by atoms with Gasteiger partial charge in [-0.1, -0.05) is 27.7 Å². The van der Waals surface area contributed by atoms with Gasteiger partial charge in [0.25, 0.3) is 0 Å². The Bertz CT molecular complexity index is 268. The van der Waals surface area contributed by atoms with Gasteiger partial charge in [0.1, 0.15) is 0 Å². The Morgan fingerprint density at radius 1 is 0.882 bits per heavy atom. The van der Waals surface area contributed by atoms with Crippen molar-refractivity contribution in [3.63, 3.8) is 0 Å². The van der Waals surface area contributed by atoms with Crippen LogP contribution in [0.5, 0.6) is 0 Å². The van der Waals surface area contributed by atoms with E-state index in [1.807, 2.05) is 0 Å². The molecule has 2 saturated heterocycles. The standard InChI is InChI=1S/C10H18Cl2N2O2S/c1-5(2)7(11)9(13-15-9)17-10(14-16-10)8(12)6(3)4/h5-8,13-14H,1-4H3. The van der Waals surface area contributed by atoms with Crippen LogP contribution in [0.25, 0.3) is 0 Å². The summed E-state index contributed by atoms with van der Waals surface area (Å²) in [6, 6.07) is 0. The van der Waals surface area contributed by atoms with Crippen molar-refractivity contribution in [2.24, 2.45) is 11.8 Å². The SMILES string of the molecule is CC(C)C(Cl)C1(SC2(C(Cl)C(C)C)NO2)NO1. The molecule has 0 aliphatic carbocycles. The maximum Gasteiger partial charge on any atom is 0.229 e. The van der Waals surface area contributed by atoms with Crippen LogP contribution in [0.1, 0.15) is 27.7 Å². The minimum absolute atomic E-state index is 0.147. The summed E-state index contributed by atoms with van der Waals surface area (Å²) in [5.41, 5.74) is 5.74. The zero-order valence-electron chi connectivity index (χ0n) is 10.3.